The van der Waals surface area contributed by atoms with Crippen molar-refractivity contribution in [3.05, 3.63) is 84.4 Å². The van der Waals surface area contributed by atoms with Crippen molar-refractivity contribution in [3.8, 4) is 11.1 Å². The van der Waals surface area contributed by atoms with Gasteiger partial charge >= 0.3 is 0 Å². The summed E-state index contributed by atoms with van der Waals surface area (Å²) in [6.45, 7) is 2.02. The minimum absolute atomic E-state index is 0.130. The standard InChI is InChI=1S/C21H20N2O3S/c1-2-22-27(25,26)18-14-12-17(13-15-18)21(24)23-20-11-7-6-10-19(20)16-8-4-3-5-9-16/h3-15,22H,2H2,1H3,(H,23,24). The van der Waals surface area contributed by atoms with E-state index in [0.29, 0.717) is 17.8 Å². The van der Waals surface area contributed by atoms with Gasteiger partial charge in [0.25, 0.3) is 5.91 Å². The lowest BCUT2D eigenvalue weighted by molar-refractivity contribution is 0.102. The van der Waals surface area contributed by atoms with Gasteiger partial charge in [-0.3, -0.25) is 4.79 Å². The molecular formula is C21H20N2O3S. The molecule has 2 N–H and O–H groups in total. The van der Waals surface area contributed by atoms with Crippen LogP contribution >= 0.6 is 0 Å². The van der Waals surface area contributed by atoms with Crippen molar-refractivity contribution in [2.24, 2.45) is 0 Å². The summed E-state index contributed by atoms with van der Waals surface area (Å²) in [5, 5.41) is 2.90. The first-order valence-corrected chi connectivity index (χ1v) is 10.0. The molecular weight excluding hydrogens is 360 g/mol. The first-order chi connectivity index (χ1) is 13.0. The highest BCUT2D eigenvalue weighted by atomic mass is 32.2. The van der Waals surface area contributed by atoms with E-state index in [1.165, 1.54) is 24.3 Å². The Bertz CT molecular complexity index is 1030. The second kappa shape index (κ2) is 8.16. The number of sulfonamides is 1. The van der Waals surface area contributed by atoms with Crippen LogP contribution in [-0.2, 0) is 10.0 Å². The Morgan fingerprint density at radius 1 is 0.852 bits per heavy atom. The molecule has 3 rings (SSSR count). The van der Waals surface area contributed by atoms with Crippen molar-refractivity contribution in [3.63, 3.8) is 0 Å². The van der Waals surface area contributed by atoms with E-state index < -0.39 is 10.0 Å². The quantitative estimate of drug-likeness (QED) is 0.681. The Kier molecular flexibility index (Phi) is 5.69. The van der Waals surface area contributed by atoms with Crippen LogP contribution in [0.3, 0.4) is 0 Å². The van der Waals surface area contributed by atoms with Gasteiger partial charge in [0.15, 0.2) is 0 Å². The molecule has 0 bridgehead atoms. The summed E-state index contributed by atoms with van der Waals surface area (Å²) in [5.74, 6) is -0.300. The summed E-state index contributed by atoms with van der Waals surface area (Å²) >= 11 is 0. The van der Waals surface area contributed by atoms with Crippen molar-refractivity contribution in [1.82, 2.24) is 4.72 Å². The number of para-hydroxylation sites is 1. The van der Waals surface area contributed by atoms with Gasteiger partial charge in [-0.25, -0.2) is 13.1 Å². The highest BCUT2D eigenvalue weighted by molar-refractivity contribution is 7.89. The van der Waals surface area contributed by atoms with Gasteiger partial charge in [0.2, 0.25) is 10.0 Å². The van der Waals surface area contributed by atoms with Crippen LogP contribution in [-0.4, -0.2) is 20.9 Å². The van der Waals surface area contributed by atoms with E-state index in [9.17, 15) is 13.2 Å². The van der Waals surface area contributed by atoms with E-state index in [-0.39, 0.29) is 10.8 Å². The third-order valence-electron chi connectivity index (χ3n) is 4.02. The lowest BCUT2D eigenvalue weighted by Crippen LogP contribution is -2.23. The van der Waals surface area contributed by atoms with Gasteiger partial charge in [0, 0.05) is 23.4 Å². The zero-order valence-corrected chi connectivity index (χ0v) is 15.7. The van der Waals surface area contributed by atoms with E-state index >= 15 is 0 Å². The van der Waals surface area contributed by atoms with Gasteiger partial charge in [0.05, 0.1) is 4.90 Å². The van der Waals surface area contributed by atoms with E-state index in [2.05, 4.69) is 10.0 Å². The summed E-state index contributed by atoms with van der Waals surface area (Å²) in [4.78, 5) is 12.7. The molecule has 1 amide bonds. The average Bonchev–Trinajstić information content (AvgIpc) is 2.69. The number of hydrogen-bond acceptors (Lipinski definition) is 3. The number of nitrogens with one attached hydrogen (secondary N) is 2. The van der Waals surface area contributed by atoms with Gasteiger partial charge in [-0.1, -0.05) is 55.5 Å². The molecule has 0 radical (unpaired) electrons. The molecule has 3 aromatic rings. The SMILES string of the molecule is CCNS(=O)(=O)c1ccc(C(=O)Nc2ccccc2-c2ccccc2)cc1. The Hall–Kier alpha value is -2.96. The fourth-order valence-corrected chi connectivity index (χ4v) is 3.76. The maximum Gasteiger partial charge on any atom is 0.255 e. The zero-order valence-electron chi connectivity index (χ0n) is 14.8. The molecule has 0 atom stereocenters. The average molecular weight is 380 g/mol. The van der Waals surface area contributed by atoms with Gasteiger partial charge in [0.1, 0.15) is 0 Å². The third kappa shape index (κ3) is 4.42. The summed E-state index contributed by atoms with van der Waals surface area (Å²) in [6.07, 6.45) is 0. The molecule has 0 heterocycles. The second-order valence-corrected chi connectivity index (χ2v) is 7.66. The molecule has 3 aromatic carbocycles. The van der Waals surface area contributed by atoms with Crippen LogP contribution in [0.4, 0.5) is 5.69 Å². The zero-order chi connectivity index (χ0) is 19.3. The molecule has 0 spiro atoms. The molecule has 0 aliphatic heterocycles. The van der Waals surface area contributed by atoms with Crippen LogP contribution in [0.2, 0.25) is 0 Å². The highest BCUT2D eigenvalue weighted by Gasteiger charge is 2.14. The number of benzene rings is 3. The van der Waals surface area contributed by atoms with Crippen molar-refractivity contribution < 1.29 is 13.2 Å². The van der Waals surface area contributed by atoms with E-state index in [1.54, 1.807) is 6.92 Å². The fraction of sp³-hybridized carbons (Fsp3) is 0.0952. The van der Waals surface area contributed by atoms with Crippen molar-refractivity contribution in [1.29, 1.82) is 0 Å². The van der Waals surface area contributed by atoms with Crippen LogP contribution in [0, 0.1) is 0 Å². The molecule has 0 saturated heterocycles. The first kappa shape index (κ1) is 18.8. The van der Waals surface area contributed by atoms with Gasteiger partial charge in [-0.2, -0.15) is 0 Å². The van der Waals surface area contributed by atoms with Crippen molar-refractivity contribution >= 4 is 21.6 Å². The Morgan fingerprint density at radius 3 is 2.15 bits per heavy atom. The lowest BCUT2D eigenvalue weighted by atomic mass is 10.0. The monoisotopic (exact) mass is 380 g/mol. The van der Waals surface area contributed by atoms with Crippen LogP contribution in [0.1, 0.15) is 17.3 Å². The Balaban J connectivity index is 1.83. The fourth-order valence-electron chi connectivity index (χ4n) is 2.71. The minimum Gasteiger partial charge on any atom is -0.321 e. The molecule has 6 heteroatoms. The summed E-state index contributed by atoms with van der Waals surface area (Å²) in [5.41, 5.74) is 2.99. The molecule has 5 nitrogen and oxygen atoms in total. The molecule has 27 heavy (non-hydrogen) atoms. The van der Waals surface area contributed by atoms with Gasteiger partial charge in [-0.15, -0.1) is 0 Å². The minimum atomic E-state index is -3.54. The predicted molar refractivity (Wildman–Crippen MR) is 107 cm³/mol. The van der Waals surface area contributed by atoms with Gasteiger partial charge in [-0.05, 0) is 35.9 Å². The van der Waals surface area contributed by atoms with Gasteiger partial charge < -0.3 is 5.32 Å². The lowest BCUT2D eigenvalue weighted by Gasteiger charge is -2.12. The first-order valence-electron chi connectivity index (χ1n) is 8.57. The number of hydrogen-bond donors (Lipinski definition) is 2. The second-order valence-electron chi connectivity index (χ2n) is 5.89. The summed E-state index contributed by atoms with van der Waals surface area (Å²) < 4.78 is 26.4. The topological polar surface area (TPSA) is 75.3 Å². The Morgan fingerprint density at radius 2 is 1.48 bits per heavy atom. The molecule has 0 aromatic heterocycles. The highest BCUT2D eigenvalue weighted by Crippen LogP contribution is 2.28. The molecule has 0 saturated carbocycles. The van der Waals surface area contributed by atoms with Crippen LogP contribution in [0.15, 0.2) is 83.8 Å². The number of carbonyl (C=O) groups excluding carboxylic acids is 1. The Labute approximate surface area is 159 Å². The molecule has 0 aliphatic rings. The predicted octanol–water partition coefficient (Wildman–Crippen LogP) is 3.90. The number of amides is 1. The number of carbonyl (C=O) groups is 1. The van der Waals surface area contributed by atoms with Crippen LogP contribution < -0.4 is 10.0 Å². The number of rotatable bonds is 6. The molecule has 0 fully saturated rings. The smallest absolute Gasteiger partial charge is 0.255 e. The van der Waals surface area contributed by atoms with E-state index in [4.69, 9.17) is 0 Å². The van der Waals surface area contributed by atoms with Crippen LogP contribution in [0.5, 0.6) is 0 Å². The summed E-state index contributed by atoms with van der Waals surface area (Å²) in [7, 11) is -3.54. The maximum atomic E-state index is 12.6. The van der Waals surface area contributed by atoms with Crippen LogP contribution in [0.25, 0.3) is 11.1 Å². The van der Waals surface area contributed by atoms with E-state index in [0.717, 1.165) is 11.1 Å². The third-order valence-corrected chi connectivity index (χ3v) is 5.58. The molecule has 0 aliphatic carbocycles. The van der Waals surface area contributed by atoms with Crippen molar-refractivity contribution in [2.75, 3.05) is 11.9 Å². The van der Waals surface area contributed by atoms with Crippen molar-refractivity contribution in [2.45, 2.75) is 11.8 Å². The maximum absolute atomic E-state index is 12.6. The summed E-state index contributed by atoms with van der Waals surface area (Å²) in [6, 6.07) is 23.2. The molecule has 138 valence electrons. The van der Waals surface area contributed by atoms with E-state index in [1.807, 2.05) is 54.6 Å². The number of anilines is 1. The largest absolute Gasteiger partial charge is 0.321 e. The normalized spacial score (nSPS) is 11.1. The molecule has 0 unspecified atom stereocenters.